The molecule has 0 bridgehead atoms. The second-order valence-corrected chi connectivity index (χ2v) is 9.49. The number of hydrogen-bond acceptors (Lipinski definition) is 2. The van der Waals surface area contributed by atoms with Gasteiger partial charge in [-0.3, -0.25) is 9.80 Å². The molecule has 0 aromatic heterocycles. The van der Waals surface area contributed by atoms with Crippen LogP contribution in [-0.4, -0.2) is 17.9 Å². The van der Waals surface area contributed by atoms with Crippen LogP contribution in [0.25, 0.3) is 0 Å². The SMILES string of the molecule is Cc1ccc(N2C(=O)N(c3ccc(C)cc3)C3(CCCC3)C2c2cccc(OC(F)(F)F)c2)cc1. The number of carbonyl (C=O) groups excluding carboxylic acids is 1. The van der Waals surface area contributed by atoms with Crippen LogP contribution in [0.3, 0.4) is 0 Å². The lowest BCUT2D eigenvalue weighted by molar-refractivity contribution is -0.274. The number of ether oxygens (including phenoxy) is 1. The van der Waals surface area contributed by atoms with Gasteiger partial charge in [0, 0.05) is 11.4 Å². The van der Waals surface area contributed by atoms with Crippen molar-refractivity contribution in [2.24, 2.45) is 0 Å². The van der Waals surface area contributed by atoms with Crippen LogP contribution in [0.15, 0.2) is 72.8 Å². The van der Waals surface area contributed by atoms with Crippen molar-refractivity contribution in [1.29, 1.82) is 0 Å². The quantitative estimate of drug-likeness (QED) is 0.383. The summed E-state index contributed by atoms with van der Waals surface area (Å²) in [5, 5.41) is 0. The van der Waals surface area contributed by atoms with Gasteiger partial charge in [-0.25, -0.2) is 4.79 Å². The maximum absolute atomic E-state index is 14.2. The van der Waals surface area contributed by atoms with Crippen LogP contribution in [0.1, 0.15) is 48.4 Å². The molecule has 1 aliphatic heterocycles. The number of urea groups is 1. The van der Waals surface area contributed by atoms with Crippen molar-refractivity contribution in [1.82, 2.24) is 0 Å². The average Bonchev–Trinajstić information content (AvgIpc) is 3.37. The molecule has 4 nitrogen and oxygen atoms in total. The molecule has 182 valence electrons. The smallest absolute Gasteiger partial charge is 0.406 e. The van der Waals surface area contributed by atoms with Crippen LogP contribution in [0.2, 0.25) is 0 Å². The lowest BCUT2D eigenvalue weighted by Gasteiger charge is -2.39. The molecule has 7 heteroatoms. The summed E-state index contributed by atoms with van der Waals surface area (Å²) in [7, 11) is 0. The van der Waals surface area contributed by atoms with Crippen LogP contribution in [0.4, 0.5) is 29.3 Å². The number of alkyl halides is 3. The number of rotatable bonds is 4. The molecule has 0 radical (unpaired) electrons. The van der Waals surface area contributed by atoms with Crippen LogP contribution >= 0.6 is 0 Å². The van der Waals surface area contributed by atoms with Gasteiger partial charge in [0.05, 0.1) is 11.6 Å². The number of hydrogen-bond donors (Lipinski definition) is 0. The highest BCUT2D eigenvalue weighted by molar-refractivity contribution is 6.09. The van der Waals surface area contributed by atoms with Crippen LogP contribution < -0.4 is 14.5 Å². The monoisotopic (exact) mass is 480 g/mol. The molecule has 35 heavy (non-hydrogen) atoms. The molecule has 2 amide bonds. The van der Waals surface area contributed by atoms with Gasteiger partial charge >= 0.3 is 12.4 Å². The van der Waals surface area contributed by atoms with Gasteiger partial charge in [0.25, 0.3) is 0 Å². The summed E-state index contributed by atoms with van der Waals surface area (Å²) in [6.45, 7) is 3.97. The summed E-state index contributed by atoms with van der Waals surface area (Å²) in [6.07, 6.45) is -1.41. The van der Waals surface area contributed by atoms with Crippen LogP contribution in [0, 0.1) is 13.8 Å². The van der Waals surface area contributed by atoms with E-state index in [-0.39, 0.29) is 11.8 Å². The van der Waals surface area contributed by atoms with Gasteiger partial charge in [-0.15, -0.1) is 13.2 Å². The third-order valence-corrected chi connectivity index (χ3v) is 7.09. The molecular formula is C28H27F3N2O2. The van der Waals surface area contributed by atoms with E-state index in [2.05, 4.69) is 4.74 Å². The van der Waals surface area contributed by atoms with Crippen molar-refractivity contribution >= 4 is 17.4 Å². The second kappa shape index (κ2) is 8.63. The molecule has 1 spiro atoms. The Hall–Kier alpha value is -3.48. The zero-order chi connectivity index (χ0) is 24.8. The van der Waals surface area contributed by atoms with Crippen molar-refractivity contribution in [2.45, 2.75) is 57.5 Å². The summed E-state index contributed by atoms with van der Waals surface area (Å²) in [5.74, 6) is -0.284. The molecule has 1 saturated heterocycles. The maximum Gasteiger partial charge on any atom is 0.573 e. The highest BCUT2D eigenvalue weighted by Crippen LogP contribution is 2.55. The van der Waals surface area contributed by atoms with Crippen LogP contribution in [-0.2, 0) is 0 Å². The molecule has 0 N–H and O–H groups in total. The molecule has 5 rings (SSSR count). The molecule has 1 atom stereocenters. The van der Waals surface area contributed by atoms with Crippen molar-refractivity contribution in [3.05, 3.63) is 89.5 Å². The van der Waals surface area contributed by atoms with Gasteiger partial charge < -0.3 is 4.74 Å². The number of carbonyl (C=O) groups is 1. The number of nitrogens with zero attached hydrogens (tertiary/aromatic N) is 2. The van der Waals surface area contributed by atoms with E-state index >= 15 is 0 Å². The van der Waals surface area contributed by atoms with Gasteiger partial charge in [0.2, 0.25) is 0 Å². The van der Waals surface area contributed by atoms with E-state index in [9.17, 15) is 18.0 Å². The van der Waals surface area contributed by atoms with E-state index in [1.807, 2.05) is 67.3 Å². The van der Waals surface area contributed by atoms with Crippen LogP contribution in [0.5, 0.6) is 5.75 Å². The van der Waals surface area contributed by atoms with E-state index in [1.54, 1.807) is 17.0 Å². The standard InChI is InChI=1S/C28H27F3N2O2/c1-19-8-12-22(13-9-19)32-25(21-6-5-7-24(18-21)35-28(29,30)31)27(16-3-4-17-27)33(26(32)34)23-14-10-20(2)11-15-23/h5-15,18,25H,3-4,16-17H2,1-2H3. The van der Waals surface area contributed by atoms with Crippen molar-refractivity contribution in [2.75, 3.05) is 9.80 Å². The number of benzene rings is 3. The first-order chi connectivity index (χ1) is 16.7. The molecule has 1 unspecified atom stereocenters. The molecule has 3 aromatic rings. The molecule has 1 saturated carbocycles. The average molecular weight is 481 g/mol. The highest BCUT2D eigenvalue weighted by Gasteiger charge is 2.59. The Balaban J connectivity index is 1.69. The molecular weight excluding hydrogens is 453 g/mol. The van der Waals surface area contributed by atoms with Gasteiger partial charge in [-0.1, -0.05) is 60.4 Å². The summed E-state index contributed by atoms with van der Waals surface area (Å²) in [5.41, 5.74) is 3.69. The Labute approximate surface area is 202 Å². The third-order valence-electron chi connectivity index (χ3n) is 7.09. The van der Waals surface area contributed by atoms with Crippen molar-refractivity contribution in [3.63, 3.8) is 0 Å². The first kappa shape index (κ1) is 23.3. The number of amides is 2. The lowest BCUT2D eigenvalue weighted by atomic mass is 9.82. The minimum absolute atomic E-state index is 0.174. The van der Waals surface area contributed by atoms with Gasteiger partial charge in [0.15, 0.2) is 0 Å². The normalized spacial score (nSPS) is 19.6. The fourth-order valence-corrected chi connectivity index (χ4v) is 5.62. The van der Waals surface area contributed by atoms with Gasteiger partial charge in [-0.05, 0) is 68.7 Å². The Morgan fingerprint density at radius 3 is 2.00 bits per heavy atom. The minimum atomic E-state index is -4.79. The number of anilines is 2. The van der Waals surface area contributed by atoms with E-state index in [1.165, 1.54) is 12.1 Å². The van der Waals surface area contributed by atoms with E-state index < -0.39 is 17.9 Å². The molecule has 2 aliphatic rings. The topological polar surface area (TPSA) is 32.8 Å². The van der Waals surface area contributed by atoms with E-state index in [0.717, 1.165) is 42.5 Å². The largest absolute Gasteiger partial charge is 0.573 e. The summed E-state index contributed by atoms with van der Waals surface area (Å²) < 4.78 is 43.3. The van der Waals surface area contributed by atoms with Crippen molar-refractivity contribution < 1.29 is 22.7 Å². The summed E-state index contributed by atoms with van der Waals surface area (Å²) >= 11 is 0. The van der Waals surface area contributed by atoms with Gasteiger partial charge in [-0.2, -0.15) is 0 Å². The fraction of sp³-hybridized carbons (Fsp3) is 0.321. The third kappa shape index (κ3) is 4.24. The summed E-state index contributed by atoms with van der Waals surface area (Å²) in [6, 6.07) is 21.0. The number of halogens is 3. The predicted molar refractivity (Wildman–Crippen MR) is 130 cm³/mol. The Morgan fingerprint density at radius 1 is 0.857 bits per heavy atom. The molecule has 3 aromatic carbocycles. The van der Waals surface area contributed by atoms with E-state index in [4.69, 9.17) is 0 Å². The first-order valence-electron chi connectivity index (χ1n) is 11.8. The Morgan fingerprint density at radius 2 is 1.43 bits per heavy atom. The molecule has 1 aliphatic carbocycles. The highest BCUT2D eigenvalue weighted by atomic mass is 19.4. The zero-order valence-electron chi connectivity index (χ0n) is 19.7. The Kier molecular flexibility index (Phi) is 5.74. The second-order valence-electron chi connectivity index (χ2n) is 9.49. The van der Waals surface area contributed by atoms with Crippen molar-refractivity contribution in [3.8, 4) is 5.75 Å². The fourth-order valence-electron chi connectivity index (χ4n) is 5.62. The van der Waals surface area contributed by atoms with Gasteiger partial charge in [0.1, 0.15) is 5.75 Å². The molecule has 2 fully saturated rings. The summed E-state index contributed by atoms with van der Waals surface area (Å²) in [4.78, 5) is 17.8. The van der Waals surface area contributed by atoms with E-state index in [0.29, 0.717) is 11.3 Å². The number of aryl methyl sites for hydroxylation is 2. The Bertz CT molecular complexity index is 1220. The first-order valence-corrected chi connectivity index (χ1v) is 11.8. The molecule has 1 heterocycles. The lowest BCUT2D eigenvalue weighted by Crippen LogP contribution is -2.46. The maximum atomic E-state index is 14.2. The predicted octanol–water partition coefficient (Wildman–Crippen LogP) is 7.70. The minimum Gasteiger partial charge on any atom is -0.406 e. The zero-order valence-corrected chi connectivity index (χ0v) is 19.7.